The molecule has 0 spiro atoms. The second-order valence-electron chi connectivity index (χ2n) is 9.69. The van der Waals surface area contributed by atoms with Crippen LogP contribution in [0, 0.1) is 0 Å². The number of hydrogen-bond donors (Lipinski definition) is 0. The maximum atomic E-state index is 5.07. The van der Waals surface area contributed by atoms with Crippen molar-refractivity contribution < 1.29 is 0 Å². The molecule has 2 aliphatic carbocycles. The lowest BCUT2D eigenvalue weighted by atomic mass is 9.95. The van der Waals surface area contributed by atoms with Crippen molar-refractivity contribution in [3.8, 4) is 22.3 Å². The highest BCUT2D eigenvalue weighted by Gasteiger charge is 2.28. The van der Waals surface area contributed by atoms with Crippen molar-refractivity contribution in [2.24, 2.45) is 0 Å². The number of hydrogen-bond acceptors (Lipinski definition) is 3. The molecule has 4 nitrogen and oxygen atoms in total. The molecule has 0 aliphatic heterocycles. The van der Waals surface area contributed by atoms with E-state index in [1.165, 1.54) is 49.9 Å². The van der Waals surface area contributed by atoms with E-state index in [0.29, 0.717) is 0 Å². The Labute approximate surface area is 200 Å². The lowest BCUT2D eigenvalue weighted by Gasteiger charge is -2.13. The quantitative estimate of drug-likeness (QED) is 0.243. The summed E-state index contributed by atoms with van der Waals surface area (Å²) in [7, 11) is 0. The Morgan fingerprint density at radius 2 is 1.43 bits per heavy atom. The van der Waals surface area contributed by atoms with Crippen LogP contribution in [0.3, 0.4) is 0 Å². The Balaban J connectivity index is 1.45. The van der Waals surface area contributed by atoms with Crippen molar-refractivity contribution >= 4 is 38.6 Å². The van der Waals surface area contributed by atoms with Gasteiger partial charge in [-0.05, 0) is 93.7 Å². The van der Waals surface area contributed by atoms with E-state index in [0.717, 1.165) is 46.1 Å². The molecule has 4 aromatic heterocycles. The molecule has 0 N–H and O–H groups in total. The number of fused-ring (bicyclic) bond motifs is 15. The Hall–Kier alpha value is -4.57. The van der Waals surface area contributed by atoms with Crippen LogP contribution in [0.15, 0.2) is 85.2 Å². The molecule has 0 amide bonds. The first-order valence-corrected chi connectivity index (χ1v) is 12.0. The minimum absolute atomic E-state index is 0.769. The fourth-order valence-electron chi connectivity index (χ4n) is 6.45. The zero-order valence-corrected chi connectivity index (χ0v) is 18.8. The van der Waals surface area contributed by atoms with Gasteiger partial charge < -0.3 is 0 Å². The van der Waals surface area contributed by atoms with E-state index in [2.05, 4.69) is 70.0 Å². The fourth-order valence-corrected chi connectivity index (χ4v) is 6.45. The molecule has 0 radical (unpaired) electrons. The molecule has 0 atom stereocenters. The van der Waals surface area contributed by atoms with E-state index in [-0.39, 0.29) is 0 Å². The van der Waals surface area contributed by atoms with Gasteiger partial charge in [0.15, 0.2) is 5.65 Å². The predicted octanol–water partition coefficient (Wildman–Crippen LogP) is 6.73. The molecular formula is C31H18N4. The van der Waals surface area contributed by atoms with Crippen molar-refractivity contribution in [3.63, 3.8) is 0 Å². The van der Waals surface area contributed by atoms with Gasteiger partial charge in [0.2, 0.25) is 0 Å². The molecule has 0 unspecified atom stereocenters. The van der Waals surface area contributed by atoms with E-state index in [9.17, 15) is 0 Å². The third kappa shape index (κ3) is 2.15. The molecule has 35 heavy (non-hydrogen) atoms. The molecule has 162 valence electrons. The van der Waals surface area contributed by atoms with E-state index < -0.39 is 0 Å². The zero-order valence-electron chi connectivity index (χ0n) is 18.8. The highest BCUT2D eigenvalue weighted by atomic mass is 15.1. The second kappa shape index (κ2) is 6.10. The first kappa shape index (κ1) is 17.8. The van der Waals surface area contributed by atoms with Crippen LogP contribution < -0.4 is 0 Å². The minimum Gasteiger partial charge on any atom is -0.288 e. The monoisotopic (exact) mass is 446 g/mol. The molecule has 0 saturated carbocycles. The number of aromatic nitrogens is 4. The summed E-state index contributed by atoms with van der Waals surface area (Å²) < 4.78 is 2.24. The number of pyridine rings is 3. The Morgan fingerprint density at radius 3 is 2.40 bits per heavy atom. The summed E-state index contributed by atoms with van der Waals surface area (Å²) in [4.78, 5) is 14.5. The van der Waals surface area contributed by atoms with Crippen LogP contribution in [0.1, 0.15) is 22.3 Å². The van der Waals surface area contributed by atoms with Crippen molar-refractivity contribution in [2.75, 3.05) is 0 Å². The van der Waals surface area contributed by atoms with Crippen LogP contribution in [0.2, 0.25) is 0 Å². The number of nitrogens with zero attached hydrogens (tertiary/aromatic N) is 4. The molecule has 7 aromatic rings. The van der Waals surface area contributed by atoms with Crippen LogP contribution in [0.4, 0.5) is 0 Å². The normalized spacial score (nSPS) is 13.5. The summed E-state index contributed by atoms with van der Waals surface area (Å²) in [5.74, 6) is 0. The van der Waals surface area contributed by atoms with Gasteiger partial charge in [-0.3, -0.25) is 9.38 Å². The first-order valence-electron chi connectivity index (χ1n) is 12.0. The SMILES string of the molecule is c1ccc2c(c1)Cc1cc3c(cc1-2)Cc1ccc2c4ncccc4n4c5cccnc5nc4c2c1-3. The van der Waals surface area contributed by atoms with Gasteiger partial charge in [0.1, 0.15) is 5.65 Å². The minimum atomic E-state index is 0.769. The summed E-state index contributed by atoms with van der Waals surface area (Å²) in [5.41, 5.74) is 15.8. The van der Waals surface area contributed by atoms with E-state index >= 15 is 0 Å². The van der Waals surface area contributed by atoms with Gasteiger partial charge in [0.05, 0.1) is 16.6 Å². The van der Waals surface area contributed by atoms with E-state index in [4.69, 9.17) is 9.97 Å². The maximum absolute atomic E-state index is 5.07. The summed E-state index contributed by atoms with van der Waals surface area (Å²) in [6.07, 6.45) is 5.64. The third-order valence-electron chi connectivity index (χ3n) is 7.90. The van der Waals surface area contributed by atoms with Gasteiger partial charge in [-0.2, -0.15) is 0 Å². The molecule has 2 aliphatic rings. The Morgan fingerprint density at radius 1 is 0.629 bits per heavy atom. The van der Waals surface area contributed by atoms with Crippen LogP contribution in [0.25, 0.3) is 60.9 Å². The summed E-state index contributed by atoms with van der Waals surface area (Å²) in [6.45, 7) is 0. The highest BCUT2D eigenvalue weighted by molar-refractivity contribution is 6.18. The smallest absolute Gasteiger partial charge is 0.178 e. The first-order chi connectivity index (χ1) is 17.3. The van der Waals surface area contributed by atoms with E-state index in [1.54, 1.807) is 0 Å². The van der Waals surface area contributed by atoms with Crippen LogP contribution >= 0.6 is 0 Å². The molecule has 3 aromatic carbocycles. The molecule has 0 bridgehead atoms. The van der Waals surface area contributed by atoms with E-state index in [1.807, 2.05) is 24.5 Å². The average molecular weight is 447 g/mol. The lowest BCUT2D eigenvalue weighted by Crippen LogP contribution is -1.95. The highest BCUT2D eigenvalue weighted by Crippen LogP contribution is 2.48. The molecule has 4 heteroatoms. The van der Waals surface area contributed by atoms with Gasteiger partial charge in [0.25, 0.3) is 0 Å². The molecule has 4 heterocycles. The van der Waals surface area contributed by atoms with Crippen LogP contribution in [-0.4, -0.2) is 19.4 Å². The van der Waals surface area contributed by atoms with Crippen LogP contribution in [0.5, 0.6) is 0 Å². The van der Waals surface area contributed by atoms with Crippen molar-refractivity contribution in [1.29, 1.82) is 0 Å². The fraction of sp³-hybridized carbons (Fsp3) is 0.0645. The lowest BCUT2D eigenvalue weighted by molar-refractivity contribution is 1.24. The maximum Gasteiger partial charge on any atom is 0.178 e. The number of rotatable bonds is 0. The topological polar surface area (TPSA) is 43.1 Å². The van der Waals surface area contributed by atoms with Gasteiger partial charge in [0, 0.05) is 23.2 Å². The third-order valence-corrected chi connectivity index (χ3v) is 7.90. The zero-order chi connectivity index (χ0) is 22.7. The molecule has 9 rings (SSSR count). The molecule has 0 fully saturated rings. The predicted molar refractivity (Wildman–Crippen MR) is 140 cm³/mol. The second-order valence-corrected chi connectivity index (χ2v) is 9.69. The summed E-state index contributed by atoms with van der Waals surface area (Å²) >= 11 is 0. The van der Waals surface area contributed by atoms with Crippen LogP contribution in [-0.2, 0) is 12.8 Å². The largest absolute Gasteiger partial charge is 0.288 e. The number of benzene rings is 3. The Kier molecular flexibility index (Phi) is 3.11. The molecular weight excluding hydrogens is 428 g/mol. The van der Waals surface area contributed by atoms with Gasteiger partial charge in [-0.15, -0.1) is 0 Å². The van der Waals surface area contributed by atoms with Crippen molar-refractivity contribution in [1.82, 2.24) is 19.4 Å². The van der Waals surface area contributed by atoms with Gasteiger partial charge in [-0.1, -0.05) is 36.4 Å². The standard InChI is InChI=1S/C31H18N4/c1-2-6-21-17(5-1)13-19-16-24-20(15-23(19)21)14-18-9-10-22-28(27(18)24)31-34-30-26(8-4-12-33-30)35(31)25-7-3-11-32-29(22)25/h1-12,15-16H,13-14H2. The number of imidazole rings is 1. The van der Waals surface area contributed by atoms with Crippen molar-refractivity contribution in [3.05, 3.63) is 107 Å². The summed E-state index contributed by atoms with van der Waals surface area (Å²) in [5, 5.41) is 2.33. The van der Waals surface area contributed by atoms with Crippen molar-refractivity contribution in [2.45, 2.75) is 12.8 Å². The molecule has 0 saturated heterocycles. The Bertz CT molecular complexity index is 2070. The summed E-state index contributed by atoms with van der Waals surface area (Å²) in [6, 6.07) is 26.4. The average Bonchev–Trinajstić information content (AvgIpc) is 3.58. The van der Waals surface area contributed by atoms with Gasteiger partial charge >= 0.3 is 0 Å². The van der Waals surface area contributed by atoms with Gasteiger partial charge in [-0.25, -0.2) is 9.97 Å².